The molecule has 6 nitrogen and oxygen atoms in total. The Morgan fingerprint density at radius 1 is 1.07 bits per heavy atom. The minimum Gasteiger partial charge on any atom is -0.379 e. The number of hydrogen-bond donors (Lipinski definition) is 0. The van der Waals surface area contributed by atoms with Gasteiger partial charge in [-0.3, -0.25) is 4.79 Å². The summed E-state index contributed by atoms with van der Waals surface area (Å²) in [5.74, 6) is 0.00103. The van der Waals surface area contributed by atoms with Crippen LogP contribution in [0.1, 0.15) is 12.0 Å². The van der Waals surface area contributed by atoms with E-state index in [0.717, 1.165) is 11.3 Å². The van der Waals surface area contributed by atoms with Crippen molar-refractivity contribution >= 4 is 21.6 Å². The first-order valence-corrected chi connectivity index (χ1v) is 11.1. The van der Waals surface area contributed by atoms with E-state index in [1.165, 1.54) is 4.31 Å². The summed E-state index contributed by atoms with van der Waals surface area (Å²) in [6, 6.07) is 16.3. The van der Waals surface area contributed by atoms with Gasteiger partial charge in [-0.05, 0) is 36.2 Å². The summed E-state index contributed by atoms with van der Waals surface area (Å²) < 4.78 is 32.0. The molecule has 29 heavy (non-hydrogen) atoms. The molecule has 0 saturated carbocycles. The zero-order chi connectivity index (χ0) is 20.7. The largest absolute Gasteiger partial charge is 0.379 e. The maximum Gasteiger partial charge on any atom is 0.243 e. The molecule has 1 aliphatic rings. The lowest BCUT2D eigenvalue weighted by Gasteiger charge is -2.26. The molecular weight excluding hydrogens is 388 g/mol. The number of anilines is 1. The highest BCUT2D eigenvalue weighted by Crippen LogP contribution is 2.19. The van der Waals surface area contributed by atoms with Crippen LogP contribution in [0.15, 0.2) is 72.1 Å². The number of benzene rings is 2. The monoisotopic (exact) mass is 414 g/mol. The molecule has 1 saturated heterocycles. The fraction of sp³-hybridized carbons (Fsp3) is 0.318. The molecule has 0 atom stereocenters. The van der Waals surface area contributed by atoms with E-state index in [1.807, 2.05) is 30.3 Å². The molecule has 3 rings (SSSR count). The molecule has 0 bridgehead atoms. The van der Waals surface area contributed by atoms with E-state index in [0.29, 0.717) is 45.7 Å². The third-order valence-electron chi connectivity index (χ3n) is 4.84. The SMILES string of the molecule is C=CCN(C(=O)CCc1ccc(S(=O)(=O)N2CCOCC2)cc1)c1ccccc1. The highest BCUT2D eigenvalue weighted by atomic mass is 32.2. The number of ether oxygens (including phenoxy) is 1. The molecule has 1 fully saturated rings. The van der Waals surface area contributed by atoms with Crippen molar-refractivity contribution in [3.63, 3.8) is 0 Å². The summed E-state index contributed by atoms with van der Waals surface area (Å²) in [7, 11) is -3.50. The van der Waals surface area contributed by atoms with Crippen LogP contribution in [0.2, 0.25) is 0 Å². The molecule has 2 aromatic carbocycles. The van der Waals surface area contributed by atoms with Gasteiger partial charge in [0, 0.05) is 31.7 Å². The molecule has 0 N–H and O–H groups in total. The lowest BCUT2D eigenvalue weighted by Crippen LogP contribution is -2.40. The number of para-hydroxylation sites is 1. The number of morpholine rings is 1. The number of aryl methyl sites for hydroxylation is 1. The number of sulfonamides is 1. The van der Waals surface area contributed by atoms with E-state index < -0.39 is 10.0 Å². The smallest absolute Gasteiger partial charge is 0.243 e. The predicted molar refractivity (Wildman–Crippen MR) is 113 cm³/mol. The number of nitrogens with zero attached hydrogens (tertiary/aromatic N) is 2. The molecule has 1 amide bonds. The van der Waals surface area contributed by atoms with Crippen LogP contribution in [-0.2, 0) is 26.0 Å². The molecule has 7 heteroatoms. The van der Waals surface area contributed by atoms with Crippen LogP contribution < -0.4 is 4.90 Å². The number of rotatable bonds is 8. The molecule has 1 heterocycles. The molecule has 154 valence electrons. The fourth-order valence-corrected chi connectivity index (χ4v) is 4.65. The van der Waals surface area contributed by atoms with Crippen LogP contribution in [-0.4, -0.2) is 51.5 Å². The molecule has 0 unspecified atom stereocenters. The van der Waals surface area contributed by atoms with Crippen LogP contribution in [0.4, 0.5) is 5.69 Å². The summed E-state index contributed by atoms with van der Waals surface area (Å²) in [4.78, 5) is 14.7. The van der Waals surface area contributed by atoms with Crippen molar-refractivity contribution in [1.82, 2.24) is 4.31 Å². The molecule has 0 spiro atoms. The number of amides is 1. The Morgan fingerprint density at radius 2 is 1.72 bits per heavy atom. The Kier molecular flexibility index (Phi) is 7.19. The summed E-state index contributed by atoms with van der Waals surface area (Å²) in [6.07, 6.45) is 2.58. The summed E-state index contributed by atoms with van der Waals surface area (Å²) in [5, 5.41) is 0. The molecule has 0 radical (unpaired) electrons. The third kappa shape index (κ3) is 5.32. The zero-order valence-corrected chi connectivity index (χ0v) is 17.2. The minimum absolute atomic E-state index is 0.00103. The lowest BCUT2D eigenvalue weighted by atomic mass is 10.1. The van der Waals surface area contributed by atoms with Crippen molar-refractivity contribution in [3.8, 4) is 0 Å². The Bertz CT molecular complexity index is 921. The molecule has 0 aromatic heterocycles. The van der Waals surface area contributed by atoms with Crippen molar-refractivity contribution < 1.29 is 17.9 Å². The van der Waals surface area contributed by atoms with Gasteiger partial charge < -0.3 is 9.64 Å². The van der Waals surface area contributed by atoms with Crippen LogP contribution in [0.3, 0.4) is 0 Å². The first-order valence-electron chi connectivity index (χ1n) is 9.65. The normalized spacial score (nSPS) is 15.0. The predicted octanol–water partition coefficient (Wildman–Crippen LogP) is 2.86. The van der Waals surface area contributed by atoms with E-state index in [-0.39, 0.29) is 10.8 Å². The van der Waals surface area contributed by atoms with Gasteiger partial charge >= 0.3 is 0 Å². The van der Waals surface area contributed by atoms with Crippen LogP contribution in [0.5, 0.6) is 0 Å². The zero-order valence-electron chi connectivity index (χ0n) is 16.4. The van der Waals surface area contributed by atoms with Gasteiger partial charge in [-0.1, -0.05) is 36.4 Å². The Morgan fingerprint density at radius 3 is 2.34 bits per heavy atom. The first-order chi connectivity index (χ1) is 14.0. The van der Waals surface area contributed by atoms with E-state index in [9.17, 15) is 13.2 Å². The molecule has 0 aliphatic carbocycles. The quantitative estimate of drug-likeness (QED) is 0.623. The van der Waals surface area contributed by atoms with Crippen LogP contribution in [0.25, 0.3) is 0 Å². The molecule has 2 aromatic rings. The standard InChI is InChI=1S/C22H26N2O4S/c1-2-14-24(20-6-4-3-5-7-20)22(25)13-10-19-8-11-21(12-9-19)29(26,27)23-15-17-28-18-16-23/h2-9,11-12H,1,10,13-18H2. The van der Waals surface area contributed by atoms with E-state index in [2.05, 4.69) is 6.58 Å². The van der Waals surface area contributed by atoms with Crippen molar-refractivity contribution in [2.24, 2.45) is 0 Å². The molecule has 1 aliphatic heterocycles. The summed E-state index contributed by atoms with van der Waals surface area (Å²) >= 11 is 0. The lowest BCUT2D eigenvalue weighted by molar-refractivity contribution is -0.118. The number of carbonyl (C=O) groups excluding carboxylic acids is 1. The first kappa shape index (κ1) is 21.2. The second-order valence-corrected chi connectivity index (χ2v) is 8.73. The van der Waals surface area contributed by atoms with Crippen molar-refractivity contribution in [1.29, 1.82) is 0 Å². The summed E-state index contributed by atoms with van der Waals surface area (Å²) in [5.41, 5.74) is 1.76. The summed E-state index contributed by atoms with van der Waals surface area (Å²) in [6.45, 7) is 5.76. The van der Waals surface area contributed by atoms with Crippen LogP contribution in [0, 0.1) is 0 Å². The van der Waals surface area contributed by atoms with Gasteiger partial charge in [-0.2, -0.15) is 4.31 Å². The fourth-order valence-electron chi connectivity index (χ4n) is 3.24. The average molecular weight is 415 g/mol. The van der Waals surface area contributed by atoms with E-state index >= 15 is 0 Å². The minimum atomic E-state index is -3.50. The van der Waals surface area contributed by atoms with Gasteiger partial charge in [0.15, 0.2) is 0 Å². The van der Waals surface area contributed by atoms with Gasteiger partial charge in [0.2, 0.25) is 15.9 Å². The highest BCUT2D eigenvalue weighted by molar-refractivity contribution is 7.89. The van der Waals surface area contributed by atoms with E-state index in [4.69, 9.17) is 4.74 Å². The average Bonchev–Trinajstić information content (AvgIpc) is 2.77. The maximum absolute atomic E-state index is 12.7. The molecular formula is C22H26N2O4S. The Hall–Kier alpha value is -2.48. The van der Waals surface area contributed by atoms with Gasteiger partial charge in [-0.25, -0.2) is 8.42 Å². The van der Waals surface area contributed by atoms with Gasteiger partial charge in [-0.15, -0.1) is 6.58 Å². The second kappa shape index (κ2) is 9.82. The van der Waals surface area contributed by atoms with Gasteiger partial charge in [0.25, 0.3) is 0 Å². The maximum atomic E-state index is 12.7. The third-order valence-corrected chi connectivity index (χ3v) is 6.75. The number of carbonyl (C=O) groups is 1. The van der Waals surface area contributed by atoms with Gasteiger partial charge in [0.1, 0.15) is 0 Å². The Labute approximate surface area is 172 Å². The van der Waals surface area contributed by atoms with E-state index in [1.54, 1.807) is 35.2 Å². The topological polar surface area (TPSA) is 66.9 Å². The van der Waals surface area contributed by atoms with Gasteiger partial charge in [0.05, 0.1) is 18.1 Å². The highest BCUT2D eigenvalue weighted by Gasteiger charge is 2.26. The van der Waals surface area contributed by atoms with Crippen molar-refractivity contribution in [3.05, 3.63) is 72.8 Å². The Balaban J connectivity index is 1.63. The number of hydrogen-bond acceptors (Lipinski definition) is 4. The van der Waals surface area contributed by atoms with Crippen molar-refractivity contribution in [2.45, 2.75) is 17.7 Å². The second-order valence-electron chi connectivity index (χ2n) is 6.79. The van der Waals surface area contributed by atoms with Crippen LogP contribution >= 0.6 is 0 Å². The van der Waals surface area contributed by atoms with Crippen molar-refractivity contribution in [2.75, 3.05) is 37.7 Å².